The number of rotatable bonds is 2. The van der Waals surface area contributed by atoms with Crippen LogP contribution in [0.3, 0.4) is 0 Å². The lowest BCUT2D eigenvalue weighted by Crippen LogP contribution is -2.36. The average molecular weight is 216 g/mol. The van der Waals surface area contributed by atoms with Gasteiger partial charge in [-0.25, -0.2) is 0 Å². The summed E-state index contributed by atoms with van der Waals surface area (Å²) >= 11 is 0. The van der Waals surface area contributed by atoms with Gasteiger partial charge in [0.2, 0.25) is 0 Å². The summed E-state index contributed by atoms with van der Waals surface area (Å²) in [5.41, 5.74) is 1.34. The van der Waals surface area contributed by atoms with Gasteiger partial charge in [0.15, 0.2) is 5.79 Å². The summed E-state index contributed by atoms with van der Waals surface area (Å²) in [7, 11) is 0. The van der Waals surface area contributed by atoms with Crippen LogP contribution in [0.25, 0.3) is 0 Å². The van der Waals surface area contributed by atoms with Crippen LogP contribution in [-0.2, 0) is 15.9 Å². The fraction of sp³-hybridized carbons (Fsp3) is 0.429. The quantitative estimate of drug-likeness (QED) is 0.707. The van der Waals surface area contributed by atoms with Gasteiger partial charge in [0, 0.05) is 12.3 Å². The summed E-state index contributed by atoms with van der Waals surface area (Å²) in [4.78, 5) is 0. The largest absolute Gasteiger partial charge is 0.347 e. The Morgan fingerprint density at radius 2 is 1.88 bits per heavy atom. The standard InChI is InChI=1S/C14H16O2/c1-2-5-12(6-3-1)11-13-7-4-8-14(13)15-9-10-16-14/h1-7,13H,8-11H2. The number of hydrogen-bond acceptors (Lipinski definition) is 2. The molecule has 0 bridgehead atoms. The molecule has 3 rings (SSSR count). The predicted octanol–water partition coefficient (Wildman–Crippen LogP) is 2.55. The van der Waals surface area contributed by atoms with Crippen molar-refractivity contribution in [1.82, 2.24) is 0 Å². The lowest BCUT2D eigenvalue weighted by atomic mass is 9.94. The van der Waals surface area contributed by atoms with Crippen molar-refractivity contribution in [2.24, 2.45) is 5.92 Å². The van der Waals surface area contributed by atoms with Gasteiger partial charge in [-0.3, -0.25) is 0 Å². The van der Waals surface area contributed by atoms with E-state index in [1.807, 2.05) is 6.07 Å². The van der Waals surface area contributed by atoms with Crippen LogP contribution in [-0.4, -0.2) is 19.0 Å². The lowest BCUT2D eigenvalue weighted by Gasteiger charge is -2.29. The van der Waals surface area contributed by atoms with E-state index in [0.29, 0.717) is 5.92 Å². The van der Waals surface area contributed by atoms with Gasteiger partial charge in [0.25, 0.3) is 0 Å². The monoisotopic (exact) mass is 216 g/mol. The van der Waals surface area contributed by atoms with Crippen molar-refractivity contribution in [1.29, 1.82) is 0 Å². The van der Waals surface area contributed by atoms with Gasteiger partial charge in [0.1, 0.15) is 0 Å². The SMILES string of the molecule is C1=CC(Cc2ccccc2)C2(C1)OCCO2. The highest BCUT2D eigenvalue weighted by molar-refractivity contribution is 5.19. The van der Waals surface area contributed by atoms with E-state index in [4.69, 9.17) is 9.47 Å². The topological polar surface area (TPSA) is 18.5 Å². The molecule has 2 heteroatoms. The minimum absolute atomic E-state index is 0.351. The zero-order valence-electron chi connectivity index (χ0n) is 9.26. The maximum absolute atomic E-state index is 5.80. The molecule has 0 aromatic heterocycles. The first kappa shape index (κ1) is 10.1. The summed E-state index contributed by atoms with van der Waals surface area (Å²) in [6.07, 6.45) is 6.30. The third-order valence-corrected chi connectivity index (χ3v) is 3.41. The Morgan fingerprint density at radius 1 is 1.12 bits per heavy atom. The van der Waals surface area contributed by atoms with E-state index in [9.17, 15) is 0 Å². The molecule has 1 saturated heterocycles. The molecular weight excluding hydrogens is 200 g/mol. The van der Waals surface area contributed by atoms with Crippen molar-refractivity contribution < 1.29 is 9.47 Å². The zero-order chi connectivity index (χ0) is 10.8. The molecule has 1 aromatic carbocycles. The molecule has 1 unspecified atom stereocenters. The van der Waals surface area contributed by atoms with Gasteiger partial charge in [-0.1, -0.05) is 42.5 Å². The molecule has 84 valence electrons. The third kappa shape index (κ3) is 1.68. The Balaban J connectivity index is 1.77. The highest BCUT2D eigenvalue weighted by Gasteiger charge is 2.44. The van der Waals surface area contributed by atoms with Crippen LogP contribution in [0.1, 0.15) is 12.0 Å². The minimum Gasteiger partial charge on any atom is -0.347 e. The van der Waals surface area contributed by atoms with Crippen LogP contribution in [0.5, 0.6) is 0 Å². The van der Waals surface area contributed by atoms with E-state index >= 15 is 0 Å². The molecule has 0 amide bonds. The normalized spacial score (nSPS) is 26.6. The van der Waals surface area contributed by atoms with Gasteiger partial charge >= 0.3 is 0 Å². The summed E-state index contributed by atoms with van der Waals surface area (Å²) in [6, 6.07) is 10.5. The summed E-state index contributed by atoms with van der Waals surface area (Å²) in [6.45, 7) is 1.46. The van der Waals surface area contributed by atoms with Gasteiger partial charge < -0.3 is 9.47 Å². The van der Waals surface area contributed by atoms with Crippen LogP contribution in [0.2, 0.25) is 0 Å². The average Bonchev–Trinajstić information content (AvgIpc) is 2.93. The molecule has 0 N–H and O–H groups in total. The Hall–Kier alpha value is -1.12. The Bertz CT molecular complexity index is 377. The zero-order valence-corrected chi connectivity index (χ0v) is 9.26. The highest BCUT2D eigenvalue weighted by Crippen LogP contribution is 2.39. The maximum atomic E-state index is 5.80. The van der Waals surface area contributed by atoms with E-state index in [1.54, 1.807) is 0 Å². The third-order valence-electron chi connectivity index (χ3n) is 3.41. The van der Waals surface area contributed by atoms with Gasteiger partial charge in [-0.15, -0.1) is 0 Å². The van der Waals surface area contributed by atoms with Crippen molar-refractivity contribution in [2.75, 3.05) is 13.2 Å². The highest BCUT2D eigenvalue weighted by atomic mass is 16.7. The first-order valence-corrected chi connectivity index (χ1v) is 5.88. The summed E-state index contributed by atoms with van der Waals surface area (Å²) in [5, 5.41) is 0. The molecule has 0 radical (unpaired) electrons. The second kappa shape index (κ2) is 4.04. The molecule has 16 heavy (non-hydrogen) atoms. The van der Waals surface area contributed by atoms with Crippen LogP contribution in [0.15, 0.2) is 42.5 Å². The van der Waals surface area contributed by atoms with E-state index < -0.39 is 0 Å². The Kier molecular flexibility index (Phi) is 2.54. The fourth-order valence-electron chi connectivity index (χ4n) is 2.59. The van der Waals surface area contributed by atoms with Crippen molar-refractivity contribution in [3.63, 3.8) is 0 Å². The van der Waals surface area contributed by atoms with E-state index in [0.717, 1.165) is 26.1 Å². The maximum Gasteiger partial charge on any atom is 0.178 e. The van der Waals surface area contributed by atoms with Crippen molar-refractivity contribution in [2.45, 2.75) is 18.6 Å². The molecule has 1 fully saturated rings. The number of benzene rings is 1. The molecule has 1 aromatic rings. The molecular formula is C14H16O2. The minimum atomic E-state index is -0.351. The van der Waals surface area contributed by atoms with Gasteiger partial charge in [-0.05, 0) is 12.0 Å². The molecule has 1 aliphatic carbocycles. The van der Waals surface area contributed by atoms with E-state index in [2.05, 4.69) is 36.4 Å². The molecule has 1 aliphatic heterocycles. The van der Waals surface area contributed by atoms with Crippen LogP contribution >= 0.6 is 0 Å². The van der Waals surface area contributed by atoms with Crippen molar-refractivity contribution in [3.8, 4) is 0 Å². The second-order valence-electron chi connectivity index (χ2n) is 4.44. The molecule has 1 spiro atoms. The second-order valence-corrected chi connectivity index (χ2v) is 4.44. The fourth-order valence-corrected chi connectivity index (χ4v) is 2.59. The predicted molar refractivity (Wildman–Crippen MR) is 62.0 cm³/mol. The number of ether oxygens (including phenoxy) is 2. The Morgan fingerprint density at radius 3 is 2.62 bits per heavy atom. The van der Waals surface area contributed by atoms with E-state index in [-0.39, 0.29) is 5.79 Å². The molecule has 1 heterocycles. The molecule has 2 aliphatic rings. The van der Waals surface area contributed by atoms with Gasteiger partial charge in [-0.2, -0.15) is 0 Å². The first-order chi connectivity index (χ1) is 7.89. The molecule has 2 nitrogen and oxygen atoms in total. The van der Waals surface area contributed by atoms with Crippen LogP contribution < -0.4 is 0 Å². The van der Waals surface area contributed by atoms with E-state index in [1.165, 1.54) is 5.56 Å². The molecule has 1 atom stereocenters. The smallest absolute Gasteiger partial charge is 0.178 e. The van der Waals surface area contributed by atoms with Crippen molar-refractivity contribution in [3.05, 3.63) is 48.0 Å². The number of hydrogen-bond donors (Lipinski definition) is 0. The Labute approximate surface area is 95.9 Å². The molecule has 0 saturated carbocycles. The summed E-state index contributed by atoms with van der Waals surface area (Å²) in [5.74, 6) is 0.00736. The lowest BCUT2D eigenvalue weighted by molar-refractivity contribution is -0.175. The van der Waals surface area contributed by atoms with Gasteiger partial charge in [0.05, 0.1) is 13.2 Å². The van der Waals surface area contributed by atoms with Crippen LogP contribution in [0.4, 0.5) is 0 Å². The van der Waals surface area contributed by atoms with Crippen LogP contribution in [0, 0.1) is 5.92 Å². The first-order valence-electron chi connectivity index (χ1n) is 5.88. The van der Waals surface area contributed by atoms with Crippen molar-refractivity contribution >= 4 is 0 Å². The summed E-state index contributed by atoms with van der Waals surface area (Å²) < 4.78 is 11.6.